The van der Waals surface area contributed by atoms with Gasteiger partial charge in [-0.2, -0.15) is 0 Å². The van der Waals surface area contributed by atoms with Crippen LogP contribution in [0.5, 0.6) is 0 Å². The standard InChI is InChI=1S/C14H16FNS/c1-10(12-6-3-4-7-13(12)15)16-11(2)14-8-5-9-17-14/h3-11,16H,1-2H3. The van der Waals surface area contributed by atoms with Crippen LogP contribution in [0.1, 0.15) is 36.4 Å². The van der Waals surface area contributed by atoms with E-state index in [1.54, 1.807) is 17.4 Å². The molecule has 0 bridgehead atoms. The maximum absolute atomic E-state index is 13.6. The van der Waals surface area contributed by atoms with Crippen molar-refractivity contribution in [3.63, 3.8) is 0 Å². The van der Waals surface area contributed by atoms with Gasteiger partial charge < -0.3 is 5.32 Å². The highest BCUT2D eigenvalue weighted by atomic mass is 32.1. The second-order valence-corrected chi connectivity index (χ2v) is 5.13. The van der Waals surface area contributed by atoms with Gasteiger partial charge in [-0.05, 0) is 31.4 Å². The summed E-state index contributed by atoms with van der Waals surface area (Å²) in [4.78, 5) is 1.27. The van der Waals surface area contributed by atoms with Crippen LogP contribution in [0.15, 0.2) is 41.8 Å². The maximum Gasteiger partial charge on any atom is 0.127 e. The molecule has 0 fully saturated rings. The molecule has 3 heteroatoms. The highest BCUT2D eigenvalue weighted by Crippen LogP contribution is 2.23. The van der Waals surface area contributed by atoms with E-state index in [4.69, 9.17) is 0 Å². The molecular formula is C14H16FNS. The fourth-order valence-electron chi connectivity index (χ4n) is 1.91. The van der Waals surface area contributed by atoms with Crippen LogP contribution in [0.25, 0.3) is 0 Å². The summed E-state index contributed by atoms with van der Waals surface area (Å²) in [5.41, 5.74) is 0.718. The fourth-order valence-corrected chi connectivity index (χ4v) is 2.65. The Bertz CT molecular complexity index is 467. The van der Waals surface area contributed by atoms with Gasteiger partial charge in [0.1, 0.15) is 5.82 Å². The molecule has 0 spiro atoms. The first-order valence-corrected chi connectivity index (χ1v) is 6.60. The minimum atomic E-state index is -0.147. The molecule has 2 aromatic rings. The molecule has 17 heavy (non-hydrogen) atoms. The Hall–Kier alpha value is -1.19. The number of nitrogens with one attached hydrogen (secondary N) is 1. The average Bonchev–Trinajstić information content (AvgIpc) is 2.82. The summed E-state index contributed by atoms with van der Waals surface area (Å²) in [5, 5.41) is 5.47. The summed E-state index contributed by atoms with van der Waals surface area (Å²) in [6, 6.07) is 11.3. The van der Waals surface area contributed by atoms with Crippen LogP contribution in [0, 0.1) is 5.82 Å². The van der Waals surface area contributed by atoms with Gasteiger partial charge in [-0.15, -0.1) is 11.3 Å². The van der Waals surface area contributed by atoms with Gasteiger partial charge in [0, 0.05) is 22.5 Å². The highest BCUT2D eigenvalue weighted by molar-refractivity contribution is 7.10. The first-order valence-electron chi connectivity index (χ1n) is 5.72. The summed E-state index contributed by atoms with van der Waals surface area (Å²) in [5.74, 6) is -0.147. The summed E-state index contributed by atoms with van der Waals surface area (Å²) in [7, 11) is 0. The molecule has 0 saturated heterocycles. The molecule has 1 aromatic heterocycles. The molecule has 1 nitrogen and oxygen atoms in total. The molecule has 0 amide bonds. The van der Waals surface area contributed by atoms with E-state index in [0.29, 0.717) is 0 Å². The van der Waals surface area contributed by atoms with Crippen LogP contribution >= 0.6 is 11.3 Å². The first kappa shape index (κ1) is 12.3. The van der Waals surface area contributed by atoms with Crippen molar-refractivity contribution in [1.29, 1.82) is 0 Å². The van der Waals surface area contributed by atoms with Crippen molar-refractivity contribution in [3.05, 3.63) is 58.0 Å². The van der Waals surface area contributed by atoms with Crippen molar-refractivity contribution in [2.75, 3.05) is 0 Å². The van der Waals surface area contributed by atoms with E-state index in [2.05, 4.69) is 23.7 Å². The summed E-state index contributed by atoms with van der Waals surface area (Å²) < 4.78 is 13.6. The maximum atomic E-state index is 13.6. The predicted octanol–water partition coefficient (Wildman–Crippen LogP) is 4.30. The quantitative estimate of drug-likeness (QED) is 0.852. The number of benzene rings is 1. The lowest BCUT2D eigenvalue weighted by Crippen LogP contribution is -2.22. The molecule has 0 aliphatic rings. The van der Waals surface area contributed by atoms with Crippen molar-refractivity contribution in [2.24, 2.45) is 0 Å². The minimum Gasteiger partial charge on any atom is -0.303 e. The van der Waals surface area contributed by atoms with E-state index < -0.39 is 0 Å². The van der Waals surface area contributed by atoms with Crippen LogP contribution in [0.2, 0.25) is 0 Å². The molecule has 1 aromatic carbocycles. The lowest BCUT2D eigenvalue weighted by Gasteiger charge is -2.19. The second kappa shape index (κ2) is 5.43. The third-order valence-corrected chi connectivity index (χ3v) is 3.90. The van der Waals surface area contributed by atoms with Crippen LogP contribution in [-0.2, 0) is 0 Å². The number of thiophene rings is 1. The first-order chi connectivity index (χ1) is 8.18. The fraction of sp³-hybridized carbons (Fsp3) is 0.286. The number of halogens is 1. The number of hydrogen-bond acceptors (Lipinski definition) is 2. The van der Waals surface area contributed by atoms with Crippen LogP contribution in [0.3, 0.4) is 0 Å². The SMILES string of the molecule is CC(NC(C)c1ccccc1F)c1cccs1. The summed E-state index contributed by atoms with van der Waals surface area (Å²) in [6.07, 6.45) is 0. The van der Waals surface area contributed by atoms with Crippen LogP contribution in [0.4, 0.5) is 4.39 Å². The predicted molar refractivity (Wildman–Crippen MR) is 70.7 cm³/mol. The van der Waals surface area contributed by atoms with Gasteiger partial charge in [0.15, 0.2) is 0 Å². The smallest absolute Gasteiger partial charge is 0.127 e. The topological polar surface area (TPSA) is 12.0 Å². The normalized spacial score (nSPS) is 14.5. The lowest BCUT2D eigenvalue weighted by molar-refractivity contribution is 0.478. The van der Waals surface area contributed by atoms with E-state index in [9.17, 15) is 4.39 Å². The third-order valence-electron chi connectivity index (χ3n) is 2.84. The van der Waals surface area contributed by atoms with E-state index in [0.717, 1.165) is 5.56 Å². The average molecular weight is 249 g/mol. The lowest BCUT2D eigenvalue weighted by atomic mass is 10.1. The summed E-state index contributed by atoms with van der Waals surface area (Å²) >= 11 is 1.72. The molecule has 0 aliphatic heterocycles. The van der Waals surface area contributed by atoms with Crippen molar-refractivity contribution in [1.82, 2.24) is 5.32 Å². The van der Waals surface area contributed by atoms with Gasteiger partial charge in [-0.1, -0.05) is 24.3 Å². The van der Waals surface area contributed by atoms with Crippen LogP contribution < -0.4 is 5.32 Å². The van der Waals surface area contributed by atoms with Gasteiger partial charge in [-0.25, -0.2) is 4.39 Å². The Morgan fingerprint density at radius 1 is 1.06 bits per heavy atom. The third kappa shape index (κ3) is 2.93. The molecule has 0 saturated carbocycles. The van der Waals surface area contributed by atoms with Crippen LogP contribution in [-0.4, -0.2) is 0 Å². The largest absolute Gasteiger partial charge is 0.303 e. The second-order valence-electron chi connectivity index (χ2n) is 4.15. The van der Waals surface area contributed by atoms with E-state index in [1.165, 1.54) is 10.9 Å². The van der Waals surface area contributed by atoms with Crippen molar-refractivity contribution >= 4 is 11.3 Å². The minimum absolute atomic E-state index is 0.00769. The molecule has 1 N–H and O–H groups in total. The molecule has 0 aliphatic carbocycles. The molecular weight excluding hydrogens is 233 g/mol. The van der Waals surface area contributed by atoms with E-state index in [1.807, 2.05) is 25.1 Å². The van der Waals surface area contributed by atoms with Gasteiger partial charge in [0.2, 0.25) is 0 Å². The highest BCUT2D eigenvalue weighted by Gasteiger charge is 2.14. The van der Waals surface area contributed by atoms with E-state index in [-0.39, 0.29) is 17.9 Å². The zero-order valence-electron chi connectivity index (χ0n) is 9.98. The molecule has 2 rings (SSSR count). The van der Waals surface area contributed by atoms with Crippen molar-refractivity contribution in [3.8, 4) is 0 Å². The number of hydrogen-bond donors (Lipinski definition) is 1. The van der Waals surface area contributed by atoms with E-state index >= 15 is 0 Å². The van der Waals surface area contributed by atoms with Gasteiger partial charge in [0.05, 0.1) is 0 Å². The zero-order chi connectivity index (χ0) is 12.3. The summed E-state index contributed by atoms with van der Waals surface area (Å²) in [6.45, 7) is 4.09. The Balaban J connectivity index is 2.07. The Kier molecular flexibility index (Phi) is 3.92. The number of rotatable bonds is 4. The molecule has 2 unspecified atom stereocenters. The van der Waals surface area contributed by atoms with Crippen molar-refractivity contribution < 1.29 is 4.39 Å². The Labute approximate surface area is 105 Å². The van der Waals surface area contributed by atoms with Crippen molar-refractivity contribution in [2.45, 2.75) is 25.9 Å². The zero-order valence-corrected chi connectivity index (χ0v) is 10.8. The monoisotopic (exact) mass is 249 g/mol. The molecule has 2 atom stereocenters. The molecule has 90 valence electrons. The Morgan fingerprint density at radius 2 is 1.82 bits per heavy atom. The van der Waals surface area contributed by atoms with Gasteiger partial charge >= 0.3 is 0 Å². The Morgan fingerprint density at radius 3 is 2.47 bits per heavy atom. The van der Waals surface area contributed by atoms with Gasteiger partial charge in [-0.3, -0.25) is 0 Å². The molecule has 0 radical (unpaired) electrons. The van der Waals surface area contributed by atoms with Gasteiger partial charge in [0.25, 0.3) is 0 Å². The molecule has 1 heterocycles.